The molecular weight excluding hydrogens is 391 g/mol. The van der Waals surface area contributed by atoms with Gasteiger partial charge in [-0.25, -0.2) is 21.2 Å². The van der Waals surface area contributed by atoms with Crippen LogP contribution in [0.15, 0.2) is 42.5 Å². The molecule has 0 bridgehead atoms. The number of rotatable bonds is 6. The van der Waals surface area contributed by atoms with Crippen molar-refractivity contribution in [2.24, 2.45) is 0 Å². The monoisotopic (exact) mass is 412 g/mol. The van der Waals surface area contributed by atoms with E-state index < -0.39 is 25.9 Å². The molecule has 0 aromatic heterocycles. The van der Waals surface area contributed by atoms with E-state index in [1.165, 1.54) is 22.5 Å². The van der Waals surface area contributed by atoms with Crippen LogP contribution < -0.4 is 9.03 Å². The van der Waals surface area contributed by atoms with Crippen LogP contribution in [0.2, 0.25) is 0 Å². The number of hydrogen-bond acceptors (Lipinski definition) is 4. The summed E-state index contributed by atoms with van der Waals surface area (Å²) in [6.45, 7) is 2.02. The van der Waals surface area contributed by atoms with E-state index in [0.717, 1.165) is 5.56 Å². The van der Waals surface area contributed by atoms with Crippen LogP contribution in [0.1, 0.15) is 24.5 Å². The molecule has 1 aliphatic rings. The lowest BCUT2D eigenvalue weighted by Gasteiger charge is -2.30. The zero-order chi connectivity index (χ0) is 19.7. The molecule has 0 atom stereocenters. The average molecular weight is 413 g/mol. The maximum absolute atomic E-state index is 13.3. The maximum Gasteiger partial charge on any atom is 0.236 e. The predicted molar refractivity (Wildman–Crippen MR) is 104 cm³/mol. The molecule has 6 nitrogen and oxygen atoms in total. The largest absolute Gasteiger partial charge is 0.283 e. The summed E-state index contributed by atoms with van der Waals surface area (Å²) in [4.78, 5) is 0. The molecular formula is C18H21FN2O4S2. The number of aryl methyl sites for hydroxylation is 1. The summed E-state index contributed by atoms with van der Waals surface area (Å²) >= 11 is 0. The van der Waals surface area contributed by atoms with E-state index in [4.69, 9.17) is 0 Å². The topological polar surface area (TPSA) is 83.6 Å². The van der Waals surface area contributed by atoms with Crippen molar-refractivity contribution >= 4 is 31.4 Å². The Balaban J connectivity index is 1.83. The highest BCUT2D eigenvalue weighted by Gasteiger charge is 2.26. The number of nitrogens with zero attached hydrogens (tertiary/aromatic N) is 1. The Bertz CT molecular complexity index is 1050. The number of fused-ring (bicyclic) bond motifs is 1. The Morgan fingerprint density at radius 1 is 1.11 bits per heavy atom. The first-order chi connectivity index (χ1) is 12.7. The minimum Gasteiger partial charge on any atom is -0.283 e. The molecule has 3 rings (SSSR count). The first-order valence-electron chi connectivity index (χ1n) is 8.58. The third-order valence-corrected chi connectivity index (χ3v) is 7.42. The highest BCUT2D eigenvalue weighted by Crippen LogP contribution is 2.32. The number of benzene rings is 2. The van der Waals surface area contributed by atoms with Gasteiger partial charge < -0.3 is 0 Å². The first-order valence-corrected chi connectivity index (χ1v) is 11.8. The van der Waals surface area contributed by atoms with Crippen molar-refractivity contribution < 1.29 is 21.2 Å². The Kier molecular flexibility index (Phi) is 5.43. The van der Waals surface area contributed by atoms with E-state index in [0.29, 0.717) is 36.3 Å². The van der Waals surface area contributed by atoms with Gasteiger partial charge >= 0.3 is 0 Å². The van der Waals surface area contributed by atoms with Crippen molar-refractivity contribution in [1.82, 2.24) is 0 Å². The van der Waals surface area contributed by atoms with Crippen molar-refractivity contribution in [3.63, 3.8) is 0 Å². The molecule has 146 valence electrons. The summed E-state index contributed by atoms with van der Waals surface area (Å²) in [5.74, 6) is -0.833. The molecule has 2 aromatic carbocycles. The lowest BCUT2D eigenvalue weighted by atomic mass is 10.0. The molecule has 2 aromatic rings. The number of halogens is 1. The van der Waals surface area contributed by atoms with Crippen molar-refractivity contribution in [1.29, 1.82) is 0 Å². The lowest BCUT2D eigenvalue weighted by molar-refractivity contribution is 0.587. The smallest absolute Gasteiger partial charge is 0.236 e. The van der Waals surface area contributed by atoms with Gasteiger partial charge in [-0.05, 0) is 61.2 Å². The third-order valence-electron chi connectivity index (χ3n) is 4.38. The molecule has 0 amide bonds. The van der Waals surface area contributed by atoms with Gasteiger partial charge in [-0.15, -0.1) is 0 Å². The van der Waals surface area contributed by atoms with Gasteiger partial charge in [-0.2, -0.15) is 0 Å². The second-order valence-electron chi connectivity index (χ2n) is 6.41. The molecule has 0 unspecified atom stereocenters. The van der Waals surface area contributed by atoms with Crippen LogP contribution in [0.5, 0.6) is 0 Å². The molecule has 0 spiro atoms. The van der Waals surface area contributed by atoms with Crippen molar-refractivity contribution in [2.75, 3.05) is 21.3 Å². The van der Waals surface area contributed by atoms with Crippen molar-refractivity contribution in [3.8, 4) is 0 Å². The summed E-state index contributed by atoms with van der Waals surface area (Å²) in [6.07, 6.45) is 1.34. The third kappa shape index (κ3) is 4.59. The fourth-order valence-electron chi connectivity index (χ4n) is 3.13. The first kappa shape index (κ1) is 19.6. The van der Waals surface area contributed by atoms with Gasteiger partial charge in [-0.1, -0.05) is 12.1 Å². The van der Waals surface area contributed by atoms with Gasteiger partial charge in [0, 0.05) is 12.2 Å². The van der Waals surface area contributed by atoms with Crippen LogP contribution in [0.4, 0.5) is 15.8 Å². The van der Waals surface area contributed by atoms with Gasteiger partial charge in [0.1, 0.15) is 5.82 Å². The van der Waals surface area contributed by atoms with E-state index in [1.807, 2.05) is 0 Å². The van der Waals surface area contributed by atoms with E-state index in [-0.39, 0.29) is 11.5 Å². The van der Waals surface area contributed by atoms with Gasteiger partial charge in [0.15, 0.2) is 0 Å². The second kappa shape index (κ2) is 7.47. The molecule has 0 radical (unpaired) electrons. The number of hydrogen-bond donors (Lipinski definition) is 1. The zero-order valence-corrected chi connectivity index (χ0v) is 16.5. The minimum absolute atomic E-state index is 0.00839. The Morgan fingerprint density at radius 3 is 2.59 bits per heavy atom. The summed E-state index contributed by atoms with van der Waals surface area (Å²) in [5, 5.41) is 0. The standard InChI is InChI=1S/C18H21FN2O4S2/c1-2-27(24,25)21-10-4-6-15-12-17(8-9-18(15)21)20-26(22,23)13-14-5-3-7-16(19)11-14/h3,5,7-9,11-12,20H,2,4,6,10,13H2,1H3. The SMILES string of the molecule is CCS(=O)(=O)N1CCCc2cc(NS(=O)(=O)Cc3cccc(F)c3)ccc21. The fraction of sp³-hybridized carbons (Fsp3) is 0.333. The zero-order valence-electron chi connectivity index (χ0n) is 14.9. The molecule has 0 fully saturated rings. The Hall–Kier alpha value is -2.13. The quantitative estimate of drug-likeness (QED) is 0.791. The Labute approximate surface area is 159 Å². The van der Waals surface area contributed by atoms with E-state index in [2.05, 4.69) is 4.72 Å². The molecule has 0 saturated heterocycles. The minimum atomic E-state index is -3.73. The molecule has 1 aliphatic heterocycles. The molecule has 0 aliphatic carbocycles. The van der Waals surface area contributed by atoms with Gasteiger partial charge in [0.2, 0.25) is 20.0 Å². The highest BCUT2D eigenvalue weighted by molar-refractivity contribution is 7.92. The second-order valence-corrected chi connectivity index (χ2v) is 10.3. The van der Waals surface area contributed by atoms with Crippen LogP contribution in [0.25, 0.3) is 0 Å². The summed E-state index contributed by atoms with van der Waals surface area (Å²) in [7, 11) is -7.09. The maximum atomic E-state index is 13.3. The molecule has 9 heteroatoms. The predicted octanol–water partition coefficient (Wildman–Crippen LogP) is 2.87. The van der Waals surface area contributed by atoms with Gasteiger partial charge in [0.05, 0.1) is 17.2 Å². The summed E-state index contributed by atoms with van der Waals surface area (Å²) in [5.41, 5.74) is 2.09. The van der Waals surface area contributed by atoms with E-state index in [9.17, 15) is 21.2 Å². The van der Waals surface area contributed by atoms with Crippen LogP contribution >= 0.6 is 0 Å². The van der Waals surface area contributed by atoms with E-state index >= 15 is 0 Å². The summed E-state index contributed by atoms with van der Waals surface area (Å²) < 4.78 is 66.4. The van der Waals surface area contributed by atoms with Crippen molar-refractivity contribution in [3.05, 3.63) is 59.4 Å². The van der Waals surface area contributed by atoms with Crippen LogP contribution in [0.3, 0.4) is 0 Å². The normalized spacial score (nSPS) is 14.7. The molecule has 0 saturated carbocycles. The van der Waals surface area contributed by atoms with Crippen LogP contribution in [-0.2, 0) is 32.2 Å². The average Bonchev–Trinajstić information content (AvgIpc) is 2.60. The molecule has 1 heterocycles. The van der Waals surface area contributed by atoms with E-state index in [1.54, 1.807) is 31.2 Å². The number of nitrogens with one attached hydrogen (secondary N) is 1. The van der Waals surface area contributed by atoms with Crippen LogP contribution in [0, 0.1) is 5.82 Å². The lowest BCUT2D eigenvalue weighted by Crippen LogP contribution is -2.36. The number of sulfonamides is 2. The molecule has 1 N–H and O–H groups in total. The van der Waals surface area contributed by atoms with Crippen LogP contribution in [-0.4, -0.2) is 29.1 Å². The summed E-state index contributed by atoms with van der Waals surface area (Å²) in [6, 6.07) is 10.3. The van der Waals surface area contributed by atoms with Gasteiger partial charge in [0.25, 0.3) is 0 Å². The number of anilines is 2. The van der Waals surface area contributed by atoms with Gasteiger partial charge in [-0.3, -0.25) is 9.03 Å². The van der Waals surface area contributed by atoms with Crippen molar-refractivity contribution in [2.45, 2.75) is 25.5 Å². The fourth-order valence-corrected chi connectivity index (χ4v) is 5.51. The highest BCUT2D eigenvalue weighted by atomic mass is 32.2. The molecule has 27 heavy (non-hydrogen) atoms. The Morgan fingerprint density at radius 2 is 1.89 bits per heavy atom.